The third kappa shape index (κ3) is 52.8. The number of hydrogen-bond donors (Lipinski definition) is 0. The summed E-state index contributed by atoms with van der Waals surface area (Å²) in [4.78, 5) is 8.33. The molecule has 31 valence electrons. The number of carboxylic acid groups (broad SMARTS) is 2. The van der Waals surface area contributed by atoms with Crippen molar-refractivity contribution in [2.24, 2.45) is 0 Å². The van der Waals surface area contributed by atoms with Crippen LogP contribution in [0.5, 0.6) is 0 Å². The second-order valence-electron chi connectivity index (χ2n) is 0.250. The summed E-state index contributed by atoms with van der Waals surface area (Å²) in [5.41, 5.74) is 0. The van der Waals surface area contributed by atoms with Gasteiger partial charge < -0.3 is 15.0 Å². The molecular weight excluding hydrogens is 158 g/mol. The van der Waals surface area contributed by atoms with E-state index in [0.717, 1.165) is 0 Å². The van der Waals surface area contributed by atoms with Gasteiger partial charge in [0.25, 0.3) is 0 Å². The van der Waals surface area contributed by atoms with Gasteiger partial charge in [-0.2, -0.15) is 0 Å². The molecule has 1 radical (unpaired) electrons. The molecule has 0 spiro atoms. The van der Waals surface area contributed by atoms with Gasteiger partial charge in [-0.3, -0.25) is 0 Å². The van der Waals surface area contributed by atoms with Crippen LogP contribution in [-0.2, 0) is 16.8 Å². The Morgan fingerprint density at radius 2 is 1.33 bits per heavy atom. The molecule has 0 atom stereocenters. The van der Waals surface area contributed by atoms with Gasteiger partial charge in [-0.25, -0.2) is 0 Å². The van der Waals surface area contributed by atoms with E-state index in [1.807, 2.05) is 0 Å². The summed E-state index contributed by atoms with van der Waals surface area (Å²) in [7, 11) is 0. The summed E-state index contributed by atoms with van der Waals surface area (Å²) in [6.45, 7) is 0. The molecule has 0 aromatic rings. The molecule has 0 heterocycles. The van der Waals surface area contributed by atoms with Gasteiger partial charge in [0, 0.05) is 0 Å². The number of hydrogen-bond acceptors (Lipinski definition) is 3. The minimum atomic E-state index is -2.33. The van der Waals surface area contributed by atoms with Gasteiger partial charge in [0.15, 0.2) is 0 Å². The van der Waals surface area contributed by atoms with Crippen LogP contribution < -0.4 is 61.6 Å². The molecule has 5 heteroatoms. The summed E-state index contributed by atoms with van der Waals surface area (Å²) in [5.74, 6) is 0. The van der Waals surface area contributed by atoms with Gasteiger partial charge in [-0.1, -0.05) is 0 Å². The van der Waals surface area contributed by atoms with Gasteiger partial charge >= 0.3 is 68.2 Å². The molecule has 6 heavy (non-hydrogen) atoms. The fraction of sp³-hybridized carbons (Fsp3) is 0. The van der Waals surface area contributed by atoms with Crippen molar-refractivity contribution >= 4 is 6.16 Å². The Morgan fingerprint density at radius 1 is 1.33 bits per heavy atom. The Hall–Kier alpha value is 1.41. The molecule has 0 aromatic carbocycles. The molecule has 0 saturated heterocycles. The van der Waals surface area contributed by atoms with Crippen LogP contribution in [0, 0.1) is 0 Å². The molecule has 0 bridgehead atoms. The fourth-order valence-electron chi connectivity index (χ4n) is 0. The first-order valence-electron chi connectivity index (χ1n) is 0.612. The third-order valence-electron chi connectivity index (χ3n) is 0. The Bertz CT molecular complexity index is 33.8. The van der Waals surface area contributed by atoms with E-state index in [4.69, 9.17) is 15.0 Å². The van der Waals surface area contributed by atoms with E-state index in [1.54, 1.807) is 0 Å². The zero-order chi connectivity index (χ0) is 3.58. The van der Waals surface area contributed by atoms with Gasteiger partial charge in [-0.05, 0) is 6.16 Å². The second kappa shape index (κ2) is 9.65. The van der Waals surface area contributed by atoms with Crippen LogP contribution in [0.3, 0.4) is 0 Å². The largest absolute Gasteiger partial charge is 2.00 e. The van der Waals surface area contributed by atoms with Gasteiger partial charge in [0.2, 0.25) is 0 Å². The first-order valence-corrected chi connectivity index (χ1v) is 0.612. The van der Waals surface area contributed by atoms with Crippen LogP contribution in [0.4, 0.5) is 4.79 Å². The molecule has 0 aliphatic carbocycles. The summed E-state index contributed by atoms with van der Waals surface area (Å²) < 4.78 is 0. The van der Waals surface area contributed by atoms with Crippen molar-refractivity contribution in [3.8, 4) is 0 Å². The molecule has 0 fully saturated rings. The van der Waals surface area contributed by atoms with E-state index in [-0.39, 0.29) is 68.2 Å². The standard InChI is InChI=1S/CH2O3.Co.K/c2-1(3)4;;/h(H2,2,3,4);;/q;+2;+1/p-2. The predicted octanol–water partition coefficient (Wildman–Crippen LogP) is -5.45. The maximum absolute atomic E-state index is 8.33. The second-order valence-corrected chi connectivity index (χ2v) is 0.250. The van der Waals surface area contributed by atoms with Crippen LogP contribution >= 0.6 is 0 Å². The van der Waals surface area contributed by atoms with Crippen LogP contribution in [0.15, 0.2) is 0 Å². The normalized spacial score (nSPS) is 4.00. The van der Waals surface area contributed by atoms with Crippen LogP contribution in [-0.4, -0.2) is 6.16 Å². The number of carbonyl (C=O) groups is 1. The summed E-state index contributed by atoms with van der Waals surface area (Å²) in [5, 5.41) is 16.7. The average Bonchev–Trinajstić information content (AvgIpc) is 0.811. The molecule has 0 aromatic heterocycles. The van der Waals surface area contributed by atoms with Crippen LogP contribution in [0.2, 0.25) is 0 Å². The molecule has 3 nitrogen and oxygen atoms in total. The first kappa shape index (κ1) is 15.7. The van der Waals surface area contributed by atoms with E-state index in [2.05, 4.69) is 0 Å². The monoisotopic (exact) mass is 158 g/mol. The van der Waals surface area contributed by atoms with E-state index in [9.17, 15) is 0 Å². The SMILES string of the molecule is O=C([O-])[O-].[Co+2].[K+]. The quantitative estimate of drug-likeness (QED) is 0.330. The number of rotatable bonds is 0. The van der Waals surface area contributed by atoms with Crippen molar-refractivity contribution in [2.75, 3.05) is 0 Å². The van der Waals surface area contributed by atoms with Gasteiger partial charge in [0.1, 0.15) is 0 Å². The topological polar surface area (TPSA) is 63.2 Å². The Morgan fingerprint density at radius 3 is 1.33 bits per heavy atom. The van der Waals surface area contributed by atoms with Gasteiger partial charge in [-0.15, -0.1) is 0 Å². The fourth-order valence-corrected chi connectivity index (χ4v) is 0. The molecule has 0 aliphatic heterocycles. The summed E-state index contributed by atoms with van der Waals surface area (Å²) in [6.07, 6.45) is -2.33. The van der Waals surface area contributed by atoms with Gasteiger partial charge in [0.05, 0.1) is 0 Å². The third-order valence-corrected chi connectivity index (χ3v) is 0. The van der Waals surface area contributed by atoms with Crippen molar-refractivity contribution < 1.29 is 83.2 Å². The molecule has 0 unspecified atom stereocenters. The van der Waals surface area contributed by atoms with Crippen molar-refractivity contribution in [3.63, 3.8) is 0 Å². The smallest absolute Gasteiger partial charge is 0.652 e. The molecule has 0 amide bonds. The van der Waals surface area contributed by atoms with Crippen molar-refractivity contribution in [1.29, 1.82) is 0 Å². The van der Waals surface area contributed by atoms with Crippen LogP contribution in [0.1, 0.15) is 0 Å². The Balaban J connectivity index is -0.0000000450. The van der Waals surface area contributed by atoms with E-state index >= 15 is 0 Å². The van der Waals surface area contributed by atoms with Crippen LogP contribution in [0.25, 0.3) is 0 Å². The zero-order valence-electron chi connectivity index (χ0n) is 3.06. The van der Waals surface area contributed by atoms with Crippen molar-refractivity contribution in [1.82, 2.24) is 0 Å². The Kier molecular flexibility index (Phi) is 25.2. The molecule has 0 saturated carbocycles. The molecule has 0 N–H and O–H groups in total. The van der Waals surface area contributed by atoms with Crippen molar-refractivity contribution in [2.45, 2.75) is 0 Å². The Labute approximate surface area is 87.7 Å². The zero-order valence-corrected chi connectivity index (χ0v) is 7.22. The average molecular weight is 158 g/mol. The first-order chi connectivity index (χ1) is 1.73. The van der Waals surface area contributed by atoms with E-state index in [0.29, 0.717) is 0 Å². The molecule has 0 aliphatic rings. The summed E-state index contributed by atoms with van der Waals surface area (Å²) >= 11 is 0. The predicted molar refractivity (Wildman–Crippen MR) is 5.40 cm³/mol. The maximum Gasteiger partial charge on any atom is 2.00 e. The summed E-state index contributed by atoms with van der Waals surface area (Å²) in [6, 6.07) is 0. The molecule has 0 rings (SSSR count). The minimum absolute atomic E-state index is 0. The van der Waals surface area contributed by atoms with E-state index < -0.39 is 6.16 Å². The number of carbonyl (C=O) groups excluding carboxylic acids is 1. The van der Waals surface area contributed by atoms with E-state index in [1.165, 1.54) is 0 Å². The van der Waals surface area contributed by atoms with Crippen molar-refractivity contribution in [3.05, 3.63) is 0 Å². The molecular formula is CCoKO3+. The minimum Gasteiger partial charge on any atom is -0.652 e. The maximum atomic E-state index is 8.33.